The maximum atomic E-state index is 9.87. The van der Waals surface area contributed by atoms with Crippen LogP contribution in [0.1, 0.15) is 18.8 Å². The van der Waals surface area contributed by atoms with Crippen molar-refractivity contribution in [2.45, 2.75) is 19.6 Å². The lowest BCUT2D eigenvalue weighted by atomic mass is 10.2. The summed E-state index contributed by atoms with van der Waals surface area (Å²) in [6, 6.07) is 10.2. The molecule has 0 bridgehead atoms. The highest BCUT2D eigenvalue weighted by Gasteiger charge is 2.10. The Morgan fingerprint density at radius 3 is 2.87 bits per heavy atom. The number of aliphatic hydroxyl groups is 1. The Labute approximate surface area is 89.5 Å². The summed E-state index contributed by atoms with van der Waals surface area (Å²) < 4.78 is 1.92. The number of fused-ring (bicyclic) bond motifs is 1. The first-order valence-corrected chi connectivity index (χ1v) is 5.17. The van der Waals surface area contributed by atoms with Crippen molar-refractivity contribution in [3.63, 3.8) is 0 Å². The topological polar surface area (TPSA) is 25.2 Å². The molecule has 0 saturated heterocycles. The molecule has 2 aromatic rings. The van der Waals surface area contributed by atoms with Gasteiger partial charge in [0.2, 0.25) is 0 Å². The normalized spacial score (nSPS) is 12.9. The van der Waals surface area contributed by atoms with E-state index in [1.165, 1.54) is 0 Å². The fourth-order valence-corrected chi connectivity index (χ4v) is 1.92. The first-order valence-electron chi connectivity index (χ1n) is 5.17. The van der Waals surface area contributed by atoms with Crippen LogP contribution in [-0.4, -0.2) is 9.67 Å². The van der Waals surface area contributed by atoms with Crippen molar-refractivity contribution in [3.8, 4) is 0 Å². The van der Waals surface area contributed by atoms with Crippen LogP contribution in [0, 0.1) is 0 Å². The summed E-state index contributed by atoms with van der Waals surface area (Å²) in [7, 11) is 0. The largest absolute Gasteiger partial charge is 0.370 e. The number of hydrogen-bond acceptors (Lipinski definition) is 1. The van der Waals surface area contributed by atoms with Gasteiger partial charge in [-0.05, 0) is 30.0 Å². The fraction of sp³-hybridized carbons (Fsp3) is 0.231. The molecule has 2 rings (SSSR count). The van der Waals surface area contributed by atoms with Gasteiger partial charge in [-0.2, -0.15) is 0 Å². The van der Waals surface area contributed by atoms with Crippen LogP contribution in [0.5, 0.6) is 0 Å². The number of rotatable bonds is 3. The molecule has 0 aliphatic heterocycles. The predicted octanol–water partition coefficient (Wildman–Crippen LogP) is 2.88. The SMILES string of the molecule is C=CC(O)n1c(CC)cc2ccccc21. The lowest BCUT2D eigenvalue weighted by molar-refractivity contribution is 0.157. The maximum Gasteiger partial charge on any atom is 0.149 e. The molecule has 0 aliphatic carbocycles. The van der Waals surface area contributed by atoms with Crippen LogP contribution in [0.15, 0.2) is 43.0 Å². The molecule has 2 nitrogen and oxygen atoms in total. The minimum Gasteiger partial charge on any atom is -0.370 e. The lowest BCUT2D eigenvalue weighted by Gasteiger charge is -2.13. The van der Waals surface area contributed by atoms with E-state index in [9.17, 15) is 5.11 Å². The van der Waals surface area contributed by atoms with Crippen molar-refractivity contribution in [1.82, 2.24) is 4.57 Å². The van der Waals surface area contributed by atoms with E-state index in [0.717, 1.165) is 23.0 Å². The Hall–Kier alpha value is -1.54. The molecule has 0 spiro atoms. The zero-order chi connectivity index (χ0) is 10.8. The highest BCUT2D eigenvalue weighted by molar-refractivity contribution is 5.81. The quantitative estimate of drug-likeness (QED) is 0.759. The van der Waals surface area contributed by atoms with Crippen LogP contribution in [0.2, 0.25) is 0 Å². The van der Waals surface area contributed by atoms with Crippen LogP contribution >= 0.6 is 0 Å². The number of aromatic nitrogens is 1. The number of benzene rings is 1. The molecule has 1 aromatic heterocycles. The van der Waals surface area contributed by atoms with Crippen LogP contribution in [0.25, 0.3) is 10.9 Å². The maximum absolute atomic E-state index is 9.87. The van der Waals surface area contributed by atoms with Crippen LogP contribution in [0.3, 0.4) is 0 Å². The van der Waals surface area contributed by atoms with Gasteiger partial charge in [0.15, 0.2) is 0 Å². The van der Waals surface area contributed by atoms with E-state index < -0.39 is 6.23 Å². The molecule has 0 aliphatic rings. The highest BCUT2D eigenvalue weighted by Crippen LogP contribution is 2.23. The lowest BCUT2D eigenvalue weighted by Crippen LogP contribution is -2.07. The van der Waals surface area contributed by atoms with E-state index in [2.05, 4.69) is 25.6 Å². The number of aliphatic hydroxyl groups excluding tert-OH is 1. The molecule has 0 radical (unpaired) electrons. The van der Waals surface area contributed by atoms with Gasteiger partial charge < -0.3 is 9.67 Å². The van der Waals surface area contributed by atoms with Gasteiger partial charge in [-0.25, -0.2) is 0 Å². The van der Waals surface area contributed by atoms with Crippen molar-refractivity contribution in [2.24, 2.45) is 0 Å². The molecule has 0 amide bonds. The first kappa shape index (κ1) is 9.99. The summed E-state index contributed by atoms with van der Waals surface area (Å²) in [6.45, 7) is 5.71. The van der Waals surface area contributed by atoms with E-state index in [1.807, 2.05) is 22.8 Å². The Morgan fingerprint density at radius 2 is 2.20 bits per heavy atom. The second kappa shape index (κ2) is 3.91. The minimum atomic E-state index is -0.639. The van der Waals surface area contributed by atoms with E-state index >= 15 is 0 Å². The van der Waals surface area contributed by atoms with Crippen LogP contribution in [-0.2, 0) is 6.42 Å². The molecule has 1 N–H and O–H groups in total. The van der Waals surface area contributed by atoms with Gasteiger partial charge in [0.25, 0.3) is 0 Å². The van der Waals surface area contributed by atoms with Crippen LogP contribution in [0.4, 0.5) is 0 Å². The van der Waals surface area contributed by atoms with E-state index in [1.54, 1.807) is 6.08 Å². The second-order valence-corrected chi connectivity index (χ2v) is 3.57. The Kier molecular flexibility index (Phi) is 2.60. The molecule has 15 heavy (non-hydrogen) atoms. The van der Waals surface area contributed by atoms with Crippen molar-refractivity contribution in [2.75, 3.05) is 0 Å². The molecule has 1 atom stereocenters. The molecular formula is C13H15NO. The van der Waals surface area contributed by atoms with Crippen molar-refractivity contribution in [1.29, 1.82) is 0 Å². The third-order valence-corrected chi connectivity index (χ3v) is 2.67. The minimum absolute atomic E-state index is 0.639. The zero-order valence-electron chi connectivity index (χ0n) is 8.85. The van der Waals surface area contributed by atoms with Gasteiger partial charge >= 0.3 is 0 Å². The van der Waals surface area contributed by atoms with Gasteiger partial charge in [-0.15, -0.1) is 0 Å². The van der Waals surface area contributed by atoms with Gasteiger partial charge in [-0.3, -0.25) is 0 Å². The summed E-state index contributed by atoms with van der Waals surface area (Å²) >= 11 is 0. The average molecular weight is 201 g/mol. The molecule has 1 aromatic carbocycles. The fourth-order valence-electron chi connectivity index (χ4n) is 1.92. The molecule has 2 heteroatoms. The molecule has 78 valence electrons. The summed E-state index contributed by atoms with van der Waals surface area (Å²) in [5, 5.41) is 11.0. The van der Waals surface area contributed by atoms with Crippen molar-refractivity contribution in [3.05, 3.63) is 48.7 Å². The summed E-state index contributed by atoms with van der Waals surface area (Å²) in [5.41, 5.74) is 2.19. The van der Waals surface area contributed by atoms with Crippen LogP contribution < -0.4 is 0 Å². The molecule has 0 fully saturated rings. The number of aryl methyl sites for hydroxylation is 1. The summed E-state index contributed by atoms with van der Waals surface area (Å²) in [6.07, 6.45) is 1.81. The standard InChI is InChI=1S/C13H15NO/c1-3-11-9-10-7-5-6-8-12(10)14(11)13(15)4-2/h4-9,13,15H,2-3H2,1H3. The van der Waals surface area contributed by atoms with E-state index in [4.69, 9.17) is 0 Å². The molecule has 1 heterocycles. The Morgan fingerprint density at radius 1 is 1.47 bits per heavy atom. The van der Waals surface area contributed by atoms with E-state index in [0.29, 0.717) is 0 Å². The first-order chi connectivity index (χ1) is 7.27. The number of para-hydroxylation sites is 1. The van der Waals surface area contributed by atoms with Crippen molar-refractivity contribution >= 4 is 10.9 Å². The highest BCUT2D eigenvalue weighted by atomic mass is 16.3. The average Bonchev–Trinajstić information content (AvgIpc) is 2.66. The Balaban J connectivity index is 2.72. The van der Waals surface area contributed by atoms with Gasteiger partial charge in [0.1, 0.15) is 6.23 Å². The summed E-state index contributed by atoms with van der Waals surface area (Å²) in [4.78, 5) is 0. The molecule has 0 saturated carbocycles. The Bertz CT molecular complexity index is 484. The number of nitrogens with zero attached hydrogens (tertiary/aromatic N) is 1. The third-order valence-electron chi connectivity index (χ3n) is 2.67. The number of hydrogen-bond donors (Lipinski definition) is 1. The molecule has 1 unspecified atom stereocenters. The smallest absolute Gasteiger partial charge is 0.149 e. The molecular weight excluding hydrogens is 186 g/mol. The van der Waals surface area contributed by atoms with Crippen molar-refractivity contribution < 1.29 is 5.11 Å². The second-order valence-electron chi connectivity index (χ2n) is 3.57. The monoisotopic (exact) mass is 201 g/mol. The van der Waals surface area contributed by atoms with E-state index in [-0.39, 0.29) is 0 Å². The third kappa shape index (κ3) is 1.57. The van der Waals surface area contributed by atoms with Gasteiger partial charge in [0.05, 0.1) is 5.52 Å². The van der Waals surface area contributed by atoms with Gasteiger partial charge in [0, 0.05) is 5.69 Å². The summed E-state index contributed by atoms with van der Waals surface area (Å²) in [5.74, 6) is 0. The zero-order valence-corrected chi connectivity index (χ0v) is 8.85. The van der Waals surface area contributed by atoms with Gasteiger partial charge in [-0.1, -0.05) is 31.7 Å². The predicted molar refractivity (Wildman–Crippen MR) is 62.8 cm³/mol.